The molecule has 2 aromatic carbocycles. The summed E-state index contributed by atoms with van der Waals surface area (Å²) in [6.45, 7) is 9.48. The van der Waals surface area contributed by atoms with E-state index in [0.29, 0.717) is 18.0 Å². The van der Waals surface area contributed by atoms with Gasteiger partial charge < -0.3 is 14.5 Å². The Morgan fingerprint density at radius 2 is 1.82 bits per heavy atom. The van der Waals surface area contributed by atoms with Crippen LogP contribution in [0.2, 0.25) is 0 Å². The molecule has 170 valence electrons. The quantitative estimate of drug-likeness (QED) is 0.382. The van der Waals surface area contributed by atoms with Crippen LogP contribution in [-0.2, 0) is 18.6 Å². The van der Waals surface area contributed by atoms with E-state index in [1.54, 1.807) is 29.2 Å². The molecule has 0 fully saturated rings. The number of benzene rings is 2. The average molecular weight is 444 g/mol. The first-order valence-electron chi connectivity index (χ1n) is 11.0. The lowest BCUT2D eigenvalue weighted by Gasteiger charge is -2.19. The summed E-state index contributed by atoms with van der Waals surface area (Å²) < 4.78 is 13.3. The van der Waals surface area contributed by atoms with Crippen LogP contribution in [0.25, 0.3) is 0 Å². The normalized spacial score (nSPS) is 11.4. The third kappa shape index (κ3) is 5.71. The number of anilines is 1. The Balaban J connectivity index is 1.32. The predicted molar refractivity (Wildman–Crippen MR) is 129 cm³/mol. The lowest BCUT2D eigenvalue weighted by molar-refractivity contribution is 0.0992. The summed E-state index contributed by atoms with van der Waals surface area (Å²) in [4.78, 5) is 12.6. The number of aromatic nitrogens is 2. The van der Waals surface area contributed by atoms with Crippen LogP contribution in [0.15, 0.2) is 77.5 Å². The minimum Gasteiger partial charge on any atom is -0.486 e. The van der Waals surface area contributed by atoms with E-state index in [1.807, 2.05) is 24.3 Å². The summed E-state index contributed by atoms with van der Waals surface area (Å²) in [5, 5.41) is 7.17. The Morgan fingerprint density at radius 3 is 2.55 bits per heavy atom. The van der Waals surface area contributed by atoms with Crippen LogP contribution in [0.4, 0.5) is 5.69 Å². The first kappa shape index (κ1) is 22.4. The number of furan rings is 1. The summed E-state index contributed by atoms with van der Waals surface area (Å²) in [5.41, 5.74) is 4.34. The van der Waals surface area contributed by atoms with Gasteiger partial charge in [0.1, 0.15) is 18.1 Å². The third-order valence-corrected chi connectivity index (χ3v) is 5.47. The van der Waals surface area contributed by atoms with Crippen molar-refractivity contribution in [2.24, 2.45) is 0 Å². The van der Waals surface area contributed by atoms with Gasteiger partial charge in [0, 0.05) is 6.20 Å². The zero-order valence-electron chi connectivity index (χ0n) is 19.5. The molecule has 1 N–H and O–H groups in total. The maximum absolute atomic E-state index is 12.6. The van der Waals surface area contributed by atoms with Crippen LogP contribution < -0.4 is 10.1 Å². The molecule has 6 heteroatoms. The van der Waals surface area contributed by atoms with E-state index in [9.17, 15) is 4.79 Å². The molecule has 1 amide bonds. The van der Waals surface area contributed by atoms with Gasteiger partial charge in [-0.2, -0.15) is 5.10 Å². The Bertz CT molecular complexity index is 1230. The first-order chi connectivity index (χ1) is 15.8. The number of aryl methyl sites for hydroxylation is 1. The van der Waals surface area contributed by atoms with Crippen molar-refractivity contribution < 1.29 is 13.9 Å². The second-order valence-electron chi connectivity index (χ2n) is 9.14. The highest BCUT2D eigenvalue weighted by Crippen LogP contribution is 2.25. The van der Waals surface area contributed by atoms with Gasteiger partial charge >= 0.3 is 0 Å². The average Bonchev–Trinajstić information content (AvgIpc) is 3.43. The van der Waals surface area contributed by atoms with Gasteiger partial charge in [-0.05, 0) is 53.3 Å². The molecular formula is C27H29N3O3. The molecule has 0 saturated heterocycles. The molecular weight excluding hydrogens is 414 g/mol. The summed E-state index contributed by atoms with van der Waals surface area (Å²) in [6, 6.07) is 19.6. The Kier molecular flexibility index (Phi) is 6.36. The second kappa shape index (κ2) is 9.36. The molecule has 0 aliphatic rings. The van der Waals surface area contributed by atoms with Crippen molar-refractivity contribution in [3.63, 3.8) is 0 Å². The largest absolute Gasteiger partial charge is 0.486 e. The number of carbonyl (C=O) groups is 1. The van der Waals surface area contributed by atoms with Gasteiger partial charge in [0.15, 0.2) is 5.76 Å². The fraction of sp³-hybridized carbons (Fsp3) is 0.259. The van der Waals surface area contributed by atoms with Crippen molar-refractivity contribution in [2.75, 3.05) is 5.32 Å². The second-order valence-corrected chi connectivity index (χ2v) is 9.14. The van der Waals surface area contributed by atoms with Crippen molar-refractivity contribution in [3.05, 3.63) is 101 Å². The summed E-state index contributed by atoms with van der Waals surface area (Å²) in [5.74, 6) is 1.23. The topological polar surface area (TPSA) is 69.3 Å². The van der Waals surface area contributed by atoms with Gasteiger partial charge in [-0.3, -0.25) is 9.48 Å². The summed E-state index contributed by atoms with van der Waals surface area (Å²) in [6.07, 6.45) is 3.43. The van der Waals surface area contributed by atoms with Gasteiger partial charge in [-0.15, -0.1) is 0 Å². The number of carbonyl (C=O) groups excluding carboxylic acids is 1. The molecule has 4 aromatic rings. The highest BCUT2D eigenvalue weighted by molar-refractivity contribution is 6.02. The zero-order chi connectivity index (χ0) is 23.4. The fourth-order valence-electron chi connectivity index (χ4n) is 3.45. The Labute approximate surface area is 194 Å². The molecule has 0 aliphatic carbocycles. The van der Waals surface area contributed by atoms with Crippen molar-refractivity contribution >= 4 is 11.6 Å². The molecule has 2 heterocycles. The van der Waals surface area contributed by atoms with Crippen molar-refractivity contribution in [3.8, 4) is 5.75 Å². The van der Waals surface area contributed by atoms with Crippen LogP contribution in [0.1, 0.15) is 53.8 Å². The van der Waals surface area contributed by atoms with E-state index in [-0.39, 0.29) is 23.7 Å². The SMILES string of the molecule is Cc1ccccc1Cn1cc(NC(=O)c2ccc(COc3ccc(C(C)(C)C)cc3)o2)cn1. The molecule has 33 heavy (non-hydrogen) atoms. The highest BCUT2D eigenvalue weighted by atomic mass is 16.5. The molecule has 0 spiro atoms. The number of hydrogen-bond acceptors (Lipinski definition) is 4. The van der Waals surface area contributed by atoms with Crippen molar-refractivity contribution in [1.82, 2.24) is 9.78 Å². The van der Waals surface area contributed by atoms with Crippen LogP contribution in [-0.4, -0.2) is 15.7 Å². The van der Waals surface area contributed by atoms with Crippen LogP contribution in [0.5, 0.6) is 5.75 Å². The maximum Gasteiger partial charge on any atom is 0.291 e. The number of rotatable bonds is 7. The van der Waals surface area contributed by atoms with Crippen LogP contribution in [0, 0.1) is 6.92 Å². The Hall–Kier alpha value is -3.80. The molecule has 0 unspecified atom stereocenters. The number of nitrogens with one attached hydrogen (secondary N) is 1. The van der Waals surface area contributed by atoms with Crippen LogP contribution in [0.3, 0.4) is 0 Å². The number of nitrogens with zero attached hydrogens (tertiary/aromatic N) is 2. The Morgan fingerprint density at radius 1 is 1.06 bits per heavy atom. The molecule has 0 atom stereocenters. The summed E-state index contributed by atoms with van der Waals surface area (Å²) >= 11 is 0. The van der Waals surface area contributed by atoms with Crippen molar-refractivity contribution in [1.29, 1.82) is 0 Å². The standard InChI is InChI=1S/C27H29N3O3/c1-19-7-5-6-8-20(19)16-30-17-22(15-28-30)29-26(31)25-14-13-24(33-25)18-32-23-11-9-21(10-12-23)27(2,3)4/h5-15,17H,16,18H2,1-4H3,(H,29,31). The molecule has 0 radical (unpaired) electrons. The first-order valence-corrected chi connectivity index (χ1v) is 11.0. The monoisotopic (exact) mass is 443 g/mol. The minimum atomic E-state index is -0.328. The number of ether oxygens (including phenoxy) is 1. The number of amides is 1. The molecule has 0 saturated carbocycles. The fourth-order valence-corrected chi connectivity index (χ4v) is 3.45. The van der Waals surface area contributed by atoms with Gasteiger partial charge in [0.25, 0.3) is 5.91 Å². The minimum absolute atomic E-state index is 0.0960. The van der Waals surface area contributed by atoms with Gasteiger partial charge in [0.05, 0.1) is 18.4 Å². The molecule has 2 aromatic heterocycles. The maximum atomic E-state index is 12.6. The number of hydrogen-bond donors (Lipinski definition) is 1. The lowest BCUT2D eigenvalue weighted by Crippen LogP contribution is -2.10. The van der Waals surface area contributed by atoms with Gasteiger partial charge in [-0.25, -0.2) is 0 Å². The van der Waals surface area contributed by atoms with Crippen LogP contribution >= 0.6 is 0 Å². The van der Waals surface area contributed by atoms with E-state index in [4.69, 9.17) is 9.15 Å². The van der Waals surface area contributed by atoms with E-state index >= 15 is 0 Å². The van der Waals surface area contributed by atoms with E-state index in [0.717, 1.165) is 5.75 Å². The van der Waals surface area contributed by atoms with Gasteiger partial charge in [0.2, 0.25) is 0 Å². The zero-order valence-corrected chi connectivity index (χ0v) is 19.5. The molecule has 0 aliphatic heterocycles. The lowest BCUT2D eigenvalue weighted by atomic mass is 9.87. The van der Waals surface area contributed by atoms with Gasteiger partial charge in [-0.1, -0.05) is 57.2 Å². The van der Waals surface area contributed by atoms with E-state index in [2.05, 4.69) is 62.4 Å². The molecule has 6 nitrogen and oxygen atoms in total. The predicted octanol–water partition coefficient (Wildman–Crippen LogP) is 5.96. The highest BCUT2D eigenvalue weighted by Gasteiger charge is 2.15. The molecule has 0 bridgehead atoms. The van der Waals surface area contributed by atoms with E-state index < -0.39 is 0 Å². The third-order valence-electron chi connectivity index (χ3n) is 5.47. The smallest absolute Gasteiger partial charge is 0.291 e. The molecule has 4 rings (SSSR count). The summed E-state index contributed by atoms with van der Waals surface area (Å²) in [7, 11) is 0. The van der Waals surface area contributed by atoms with E-state index in [1.165, 1.54) is 16.7 Å². The van der Waals surface area contributed by atoms with Crippen molar-refractivity contribution in [2.45, 2.75) is 46.3 Å².